The van der Waals surface area contributed by atoms with E-state index in [-0.39, 0.29) is 35.4 Å². The van der Waals surface area contributed by atoms with Gasteiger partial charge in [-0.15, -0.1) is 0 Å². The third-order valence-corrected chi connectivity index (χ3v) is 3.32. The molecule has 2 amide bonds. The Labute approximate surface area is 107 Å². The Hall–Kier alpha value is -0.360. The molecule has 0 heterocycles. The van der Waals surface area contributed by atoms with Crippen LogP contribution in [-0.4, -0.2) is 35.4 Å². The average Bonchev–Trinajstić information content (AvgIpc) is 2.31. The van der Waals surface area contributed by atoms with Crippen molar-refractivity contribution in [3.8, 4) is 0 Å². The van der Waals surface area contributed by atoms with Crippen molar-refractivity contribution in [3.05, 3.63) is 0 Å². The molecule has 0 bridgehead atoms. The molecule has 1 fully saturated rings. The number of amides is 2. The van der Waals surface area contributed by atoms with Crippen LogP contribution in [0.5, 0.6) is 0 Å². The number of nitrogens with one attached hydrogen (secondary N) is 2. The van der Waals surface area contributed by atoms with E-state index < -0.39 is 0 Å². The highest BCUT2D eigenvalue weighted by molar-refractivity contribution is 7.81. The molecule has 6 heteroatoms. The van der Waals surface area contributed by atoms with Crippen LogP contribution >= 0.6 is 25.3 Å². The van der Waals surface area contributed by atoms with Gasteiger partial charge in [0.2, 0.25) is 11.8 Å². The largest absolute Gasteiger partial charge is 0.353 e. The van der Waals surface area contributed by atoms with Crippen LogP contribution in [0.3, 0.4) is 0 Å². The van der Waals surface area contributed by atoms with Gasteiger partial charge >= 0.3 is 0 Å². The topological polar surface area (TPSA) is 58.2 Å². The van der Waals surface area contributed by atoms with Gasteiger partial charge in [0.05, 0.1) is 11.5 Å². The Morgan fingerprint density at radius 3 is 1.44 bits per heavy atom. The van der Waals surface area contributed by atoms with Crippen LogP contribution < -0.4 is 10.6 Å². The quantitative estimate of drug-likeness (QED) is 0.554. The number of carbonyl (C=O) groups excluding carboxylic acids is 2. The molecule has 0 radical (unpaired) electrons. The van der Waals surface area contributed by atoms with Crippen LogP contribution in [0.4, 0.5) is 0 Å². The minimum Gasteiger partial charge on any atom is -0.353 e. The Balaban J connectivity index is 2.23. The predicted molar refractivity (Wildman–Crippen MR) is 70.0 cm³/mol. The summed E-state index contributed by atoms with van der Waals surface area (Å²) in [6.07, 6.45) is 3.65. The van der Waals surface area contributed by atoms with E-state index in [0.29, 0.717) is 0 Å². The van der Waals surface area contributed by atoms with Gasteiger partial charge in [-0.25, -0.2) is 0 Å². The molecule has 1 saturated carbocycles. The third kappa shape index (κ3) is 4.65. The maximum Gasteiger partial charge on any atom is 0.229 e. The number of hydrogen-bond donors (Lipinski definition) is 4. The summed E-state index contributed by atoms with van der Waals surface area (Å²) in [6, 6.07) is 0.479. The van der Waals surface area contributed by atoms with Gasteiger partial charge in [-0.3, -0.25) is 9.59 Å². The summed E-state index contributed by atoms with van der Waals surface area (Å²) in [6.45, 7) is 0. The SMILES string of the molecule is O=C(CS)NC1CCC(NC(=O)CS)CC1. The molecule has 2 N–H and O–H groups in total. The fourth-order valence-corrected chi connectivity index (χ4v) is 2.11. The summed E-state index contributed by atoms with van der Waals surface area (Å²) in [5.41, 5.74) is 0. The van der Waals surface area contributed by atoms with E-state index in [2.05, 4.69) is 35.9 Å². The summed E-state index contributed by atoms with van der Waals surface area (Å²) >= 11 is 7.83. The number of carbonyl (C=O) groups is 2. The normalized spacial score (nSPS) is 24.9. The number of thiol groups is 2. The summed E-state index contributed by atoms with van der Waals surface area (Å²) in [4.78, 5) is 22.2. The fraction of sp³-hybridized carbons (Fsp3) is 0.800. The van der Waals surface area contributed by atoms with Gasteiger partial charge in [-0.05, 0) is 25.7 Å². The van der Waals surface area contributed by atoms with E-state index in [9.17, 15) is 9.59 Å². The highest BCUT2D eigenvalue weighted by Gasteiger charge is 2.22. The molecule has 0 aromatic rings. The predicted octanol–water partition coefficient (Wildman–Crippen LogP) is 0.390. The van der Waals surface area contributed by atoms with Crippen LogP contribution in [0.1, 0.15) is 25.7 Å². The smallest absolute Gasteiger partial charge is 0.229 e. The van der Waals surface area contributed by atoms with Crippen molar-refractivity contribution in [2.24, 2.45) is 0 Å². The third-order valence-electron chi connectivity index (χ3n) is 2.74. The zero-order chi connectivity index (χ0) is 12.0. The molecule has 0 spiro atoms. The summed E-state index contributed by atoms with van der Waals surface area (Å²) < 4.78 is 0. The van der Waals surface area contributed by atoms with E-state index in [1.807, 2.05) is 0 Å². The van der Waals surface area contributed by atoms with E-state index >= 15 is 0 Å². The zero-order valence-electron chi connectivity index (χ0n) is 9.11. The van der Waals surface area contributed by atoms with E-state index in [1.54, 1.807) is 0 Å². The summed E-state index contributed by atoms with van der Waals surface area (Å²) in [5.74, 6) is 0.421. The fourth-order valence-electron chi connectivity index (χ4n) is 1.93. The number of hydrogen-bond acceptors (Lipinski definition) is 4. The molecule has 1 rings (SSSR count). The molecule has 0 aromatic heterocycles. The molecule has 92 valence electrons. The van der Waals surface area contributed by atoms with Crippen LogP contribution in [0, 0.1) is 0 Å². The van der Waals surface area contributed by atoms with Gasteiger partial charge in [-0.2, -0.15) is 25.3 Å². The maximum absolute atomic E-state index is 11.1. The van der Waals surface area contributed by atoms with E-state index in [4.69, 9.17) is 0 Å². The van der Waals surface area contributed by atoms with Gasteiger partial charge in [0, 0.05) is 12.1 Å². The minimum absolute atomic E-state index is 0.0221. The molecule has 0 unspecified atom stereocenters. The molecule has 0 atom stereocenters. The lowest BCUT2D eigenvalue weighted by Crippen LogP contribution is -2.44. The lowest BCUT2D eigenvalue weighted by Gasteiger charge is -2.29. The molecule has 1 aliphatic carbocycles. The van der Waals surface area contributed by atoms with Crippen LogP contribution in [-0.2, 0) is 9.59 Å². The second-order valence-corrected chi connectivity index (χ2v) is 4.63. The molecule has 16 heavy (non-hydrogen) atoms. The molecule has 4 nitrogen and oxygen atoms in total. The summed E-state index contributed by atoms with van der Waals surface area (Å²) in [7, 11) is 0. The highest BCUT2D eigenvalue weighted by Crippen LogP contribution is 2.18. The average molecular weight is 262 g/mol. The second kappa shape index (κ2) is 7.06. The Morgan fingerprint density at radius 1 is 0.875 bits per heavy atom. The molecular weight excluding hydrogens is 244 g/mol. The Kier molecular flexibility index (Phi) is 6.05. The lowest BCUT2D eigenvalue weighted by atomic mass is 9.91. The Morgan fingerprint density at radius 2 is 1.19 bits per heavy atom. The van der Waals surface area contributed by atoms with Crippen LogP contribution in [0.2, 0.25) is 0 Å². The van der Waals surface area contributed by atoms with Crippen LogP contribution in [0.25, 0.3) is 0 Å². The standard InChI is InChI=1S/C10H18N2O2S2/c13-9(5-15)11-7-1-2-8(4-3-7)12-10(14)6-16/h7-8,15-16H,1-6H2,(H,11,13)(H,12,14). The van der Waals surface area contributed by atoms with Crippen molar-refractivity contribution in [2.75, 3.05) is 11.5 Å². The summed E-state index contributed by atoms with van der Waals surface area (Å²) in [5, 5.41) is 5.83. The lowest BCUT2D eigenvalue weighted by molar-refractivity contribution is -0.121. The van der Waals surface area contributed by atoms with E-state index in [1.165, 1.54) is 0 Å². The van der Waals surface area contributed by atoms with Crippen molar-refractivity contribution < 1.29 is 9.59 Å². The minimum atomic E-state index is -0.0221. The van der Waals surface area contributed by atoms with Crippen molar-refractivity contribution in [1.29, 1.82) is 0 Å². The monoisotopic (exact) mass is 262 g/mol. The van der Waals surface area contributed by atoms with Gasteiger partial charge in [-0.1, -0.05) is 0 Å². The van der Waals surface area contributed by atoms with E-state index in [0.717, 1.165) is 25.7 Å². The second-order valence-electron chi connectivity index (χ2n) is 4.00. The first kappa shape index (κ1) is 13.7. The molecule has 0 aliphatic heterocycles. The van der Waals surface area contributed by atoms with Crippen molar-refractivity contribution >= 4 is 37.1 Å². The first-order chi connectivity index (χ1) is 7.65. The molecule has 0 aromatic carbocycles. The van der Waals surface area contributed by atoms with Gasteiger partial charge in [0.25, 0.3) is 0 Å². The van der Waals surface area contributed by atoms with Gasteiger partial charge < -0.3 is 10.6 Å². The highest BCUT2D eigenvalue weighted by atomic mass is 32.1. The maximum atomic E-state index is 11.1. The molecule has 0 saturated heterocycles. The number of rotatable bonds is 4. The first-order valence-corrected chi connectivity index (χ1v) is 6.72. The first-order valence-electron chi connectivity index (χ1n) is 5.46. The van der Waals surface area contributed by atoms with Gasteiger partial charge in [0.15, 0.2) is 0 Å². The van der Waals surface area contributed by atoms with Crippen LogP contribution in [0.15, 0.2) is 0 Å². The van der Waals surface area contributed by atoms with Crippen molar-refractivity contribution in [3.63, 3.8) is 0 Å². The van der Waals surface area contributed by atoms with Gasteiger partial charge in [0.1, 0.15) is 0 Å². The molecular formula is C10H18N2O2S2. The van der Waals surface area contributed by atoms with Crippen molar-refractivity contribution in [2.45, 2.75) is 37.8 Å². The Bertz CT molecular complexity index is 227. The molecule has 1 aliphatic rings. The van der Waals surface area contributed by atoms with Crippen molar-refractivity contribution in [1.82, 2.24) is 10.6 Å². The zero-order valence-corrected chi connectivity index (χ0v) is 10.9.